The predicted molar refractivity (Wildman–Crippen MR) is 37.5 cm³/mol. The van der Waals surface area contributed by atoms with Crippen molar-refractivity contribution in [2.75, 3.05) is 13.2 Å². The van der Waals surface area contributed by atoms with Crippen LogP contribution in [0.3, 0.4) is 0 Å². The molecule has 0 aliphatic carbocycles. The van der Waals surface area contributed by atoms with Gasteiger partial charge in [-0.25, -0.2) is 0 Å². The highest BCUT2D eigenvalue weighted by molar-refractivity contribution is 5.76. The maximum Gasteiger partial charge on any atom is 0.222 e. The van der Waals surface area contributed by atoms with Crippen LogP contribution in [0.2, 0.25) is 0 Å². The molecule has 0 radical (unpaired) electrons. The van der Waals surface area contributed by atoms with Crippen LogP contribution >= 0.6 is 0 Å². The van der Waals surface area contributed by atoms with E-state index in [1.807, 2.05) is 6.92 Å². The van der Waals surface area contributed by atoms with Crippen molar-refractivity contribution < 1.29 is 9.90 Å². The molecule has 0 bridgehead atoms. The zero-order valence-electron chi connectivity index (χ0n) is 6.21. The fraction of sp³-hybridized carbons (Fsp3) is 0.857. The molecule has 0 aromatic heterocycles. The minimum atomic E-state index is 0.117. The molecule has 1 rings (SSSR count). The average molecular weight is 143 g/mol. The minimum absolute atomic E-state index is 0.117. The summed E-state index contributed by atoms with van der Waals surface area (Å²) in [6.45, 7) is 2.79. The van der Waals surface area contributed by atoms with E-state index < -0.39 is 0 Å². The van der Waals surface area contributed by atoms with Gasteiger partial charge < -0.3 is 10.0 Å². The van der Waals surface area contributed by atoms with E-state index >= 15 is 0 Å². The molecule has 1 saturated heterocycles. The molecule has 1 atom stereocenters. The summed E-state index contributed by atoms with van der Waals surface area (Å²) < 4.78 is 0. The highest BCUT2D eigenvalue weighted by Gasteiger charge is 2.29. The van der Waals surface area contributed by atoms with Crippen molar-refractivity contribution in [2.24, 2.45) is 0 Å². The number of aliphatic hydroxyl groups excluding tert-OH is 1. The molecule has 1 aliphatic rings. The molecule has 1 unspecified atom stereocenters. The van der Waals surface area contributed by atoms with E-state index in [4.69, 9.17) is 5.11 Å². The van der Waals surface area contributed by atoms with Crippen molar-refractivity contribution >= 4 is 5.91 Å². The summed E-state index contributed by atoms with van der Waals surface area (Å²) in [7, 11) is 0. The molecule has 0 saturated carbocycles. The SMILES string of the molecule is CCC(=O)N1CCC1CO. The van der Waals surface area contributed by atoms with Crippen molar-refractivity contribution in [3.63, 3.8) is 0 Å². The van der Waals surface area contributed by atoms with Crippen LogP contribution in [-0.4, -0.2) is 35.1 Å². The Kier molecular flexibility index (Phi) is 2.27. The van der Waals surface area contributed by atoms with Gasteiger partial charge in [0.1, 0.15) is 0 Å². The maximum atomic E-state index is 11.0. The van der Waals surface area contributed by atoms with Gasteiger partial charge in [-0.2, -0.15) is 0 Å². The Bertz CT molecular complexity index is 134. The molecule has 0 aromatic carbocycles. The predicted octanol–water partition coefficient (Wildman–Crippen LogP) is -0.0104. The molecule has 0 aromatic rings. The smallest absolute Gasteiger partial charge is 0.222 e. The van der Waals surface area contributed by atoms with Gasteiger partial charge in [-0.15, -0.1) is 0 Å². The number of aliphatic hydroxyl groups is 1. The van der Waals surface area contributed by atoms with Gasteiger partial charge in [-0.3, -0.25) is 4.79 Å². The van der Waals surface area contributed by atoms with Gasteiger partial charge >= 0.3 is 0 Å². The second-order valence-corrected chi connectivity index (χ2v) is 2.57. The van der Waals surface area contributed by atoms with E-state index in [2.05, 4.69) is 0 Å². The molecule has 1 fully saturated rings. The van der Waals surface area contributed by atoms with Crippen LogP contribution in [0.25, 0.3) is 0 Å². The summed E-state index contributed by atoms with van der Waals surface area (Å²) in [5.74, 6) is 0.158. The summed E-state index contributed by atoms with van der Waals surface area (Å²) in [6.07, 6.45) is 1.51. The Hall–Kier alpha value is -0.570. The quantitative estimate of drug-likeness (QED) is 0.590. The van der Waals surface area contributed by atoms with E-state index in [0.717, 1.165) is 13.0 Å². The second-order valence-electron chi connectivity index (χ2n) is 2.57. The molecule has 1 heterocycles. The largest absolute Gasteiger partial charge is 0.394 e. The third-order valence-electron chi connectivity index (χ3n) is 1.98. The van der Waals surface area contributed by atoms with Crippen molar-refractivity contribution in [1.29, 1.82) is 0 Å². The Labute approximate surface area is 60.6 Å². The monoisotopic (exact) mass is 143 g/mol. The molecule has 1 amide bonds. The summed E-state index contributed by atoms with van der Waals surface area (Å²) in [6, 6.07) is 0.118. The molecule has 10 heavy (non-hydrogen) atoms. The van der Waals surface area contributed by atoms with Gasteiger partial charge in [0.2, 0.25) is 5.91 Å². The van der Waals surface area contributed by atoms with E-state index in [1.54, 1.807) is 4.90 Å². The standard InChI is InChI=1S/C7H13NO2/c1-2-7(10)8-4-3-6(8)5-9/h6,9H,2-5H2,1H3. The molecule has 0 spiro atoms. The fourth-order valence-electron chi connectivity index (χ4n) is 1.16. The third kappa shape index (κ3) is 1.14. The summed E-state index contributed by atoms with van der Waals surface area (Å²) in [5, 5.41) is 8.71. The normalized spacial score (nSPS) is 24.2. The number of hydrogen-bond donors (Lipinski definition) is 1. The fourth-order valence-corrected chi connectivity index (χ4v) is 1.16. The highest BCUT2D eigenvalue weighted by Crippen LogP contribution is 2.17. The van der Waals surface area contributed by atoms with E-state index in [0.29, 0.717) is 6.42 Å². The number of hydrogen-bond acceptors (Lipinski definition) is 2. The van der Waals surface area contributed by atoms with Crippen LogP contribution in [-0.2, 0) is 4.79 Å². The van der Waals surface area contributed by atoms with Gasteiger partial charge in [0.15, 0.2) is 0 Å². The summed E-state index contributed by atoms with van der Waals surface area (Å²) >= 11 is 0. The number of nitrogens with zero attached hydrogens (tertiary/aromatic N) is 1. The molecule has 1 N–H and O–H groups in total. The van der Waals surface area contributed by atoms with Gasteiger partial charge in [0.25, 0.3) is 0 Å². The van der Waals surface area contributed by atoms with Crippen LogP contribution < -0.4 is 0 Å². The Balaban J connectivity index is 2.35. The van der Waals surface area contributed by atoms with Crippen LogP contribution in [0, 0.1) is 0 Å². The molecule has 3 heteroatoms. The minimum Gasteiger partial charge on any atom is -0.394 e. The first-order valence-corrected chi connectivity index (χ1v) is 3.70. The van der Waals surface area contributed by atoms with E-state index in [9.17, 15) is 4.79 Å². The van der Waals surface area contributed by atoms with Gasteiger partial charge in [-0.05, 0) is 6.42 Å². The lowest BCUT2D eigenvalue weighted by molar-refractivity contribution is -0.140. The lowest BCUT2D eigenvalue weighted by Gasteiger charge is -2.39. The zero-order valence-corrected chi connectivity index (χ0v) is 6.21. The van der Waals surface area contributed by atoms with Crippen molar-refractivity contribution in [3.05, 3.63) is 0 Å². The Morgan fingerprint density at radius 2 is 2.50 bits per heavy atom. The average Bonchev–Trinajstić information content (AvgIpc) is 1.86. The first kappa shape index (κ1) is 7.54. The van der Waals surface area contributed by atoms with Gasteiger partial charge in [-0.1, -0.05) is 6.92 Å². The first-order valence-electron chi connectivity index (χ1n) is 3.70. The topological polar surface area (TPSA) is 40.5 Å². The zero-order chi connectivity index (χ0) is 7.56. The summed E-state index contributed by atoms with van der Waals surface area (Å²) in [4.78, 5) is 12.7. The number of amides is 1. The number of likely N-dealkylation sites (tertiary alicyclic amines) is 1. The number of carbonyl (C=O) groups excluding carboxylic acids is 1. The van der Waals surface area contributed by atoms with Gasteiger partial charge in [0.05, 0.1) is 12.6 Å². The number of rotatable bonds is 2. The van der Waals surface area contributed by atoms with Crippen LogP contribution in [0.1, 0.15) is 19.8 Å². The van der Waals surface area contributed by atoms with Crippen LogP contribution in [0.15, 0.2) is 0 Å². The lowest BCUT2D eigenvalue weighted by Crippen LogP contribution is -2.52. The Morgan fingerprint density at radius 3 is 2.80 bits per heavy atom. The Morgan fingerprint density at radius 1 is 1.80 bits per heavy atom. The van der Waals surface area contributed by atoms with Crippen LogP contribution in [0.5, 0.6) is 0 Å². The number of carbonyl (C=O) groups is 1. The summed E-state index contributed by atoms with van der Waals surface area (Å²) in [5.41, 5.74) is 0. The van der Waals surface area contributed by atoms with Crippen LogP contribution in [0.4, 0.5) is 0 Å². The van der Waals surface area contributed by atoms with Crippen molar-refractivity contribution in [2.45, 2.75) is 25.8 Å². The van der Waals surface area contributed by atoms with Crippen molar-refractivity contribution in [3.8, 4) is 0 Å². The highest BCUT2D eigenvalue weighted by atomic mass is 16.3. The maximum absolute atomic E-state index is 11.0. The first-order chi connectivity index (χ1) is 4.79. The van der Waals surface area contributed by atoms with Gasteiger partial charge in [0, 0.05) is 13.0 Å². The second kappa shape index (κ2) is 3.01. The van der Waals surface area contributed by atoms with Crippen molar-refractivity contribution in [1.82, 2.24) is 4.90 Å². The third-order valence-corrected chi connectivity index (χ3v) is 1.98. The lowest BCUT2D eigenvalue weighted by atomic mass is 10.0. The molecule has 1 aliphatic heterocycles. The van der Waals surface area contributed by atoms with E-state index in [-0.39, 0.29) is 18.6 Å². The molecular weight excluding hydrogens is 130 g/mol. The molecule has 3 nitrogen and oxygen atoms in total. The van der Waals surface area contributed by atoms with E-state index in [1.165, 1.54) is 0 Å². The molecular formula is C7H13NO2. The molecule has 58 valence electrons.